The Kier molecular flexibility index (Phi) is 5.79. The molecule has 1 fully saturated rings. The lowest BCUT2D eigenvalue weighted by molar-refractivity contribution is 0.0745. The van der Waals surface area contributed by atoms with E-state index in [0.29, 0.717) is 60.6 Å². The first-order chi connectivity index (χ1) is 16.5. The average Bonchev–Trinajstić information content (AvgIpc) is 2.86. The maximum absolute atomic E-state index is 14.1. The zero-order valence-electron chi connectivity index (χ0n) is 18.8. The van der Waals surface area contributed by atoms with Crippen LogP contribution in [-0.2, 0) is 6.54 Å². The number of carbonyl (C=O) groups is 1. The number of piperazine rings is 1. The highest BCUT2D eigenvalue weighted by Gasteiger charge is 2.25. The number of anilines is 1. The van der Waals surface area contributed by atoms with Crippen LogP contribution in [-0.4, -0.2) is 51.5 Å². The van der Waals surface area contributed by atoms with E-state index in [1.54, 1.807) is 65.3 Å². The highest BCUT2D eigenvalue weighted by atomic mass is 19.1. The first-order valence-electron chi connectivity index (χ1n) is 11.2. The molecule has 4 aromatic rings. The van der Waals surface area contributed by atoms with Crippen molar-refractivity contribution in [3.63, 3.8) is 0 Å². The average molecular weight is 458 g/mol. The van der Waals surface area contributed by atoms with Crippen LogP contribution in [0.1, 0.15) is 21.6 Å². The number of carbonyl (C=O) groups excluding carboxylic acids is 1. The predicted octanol–water partition coefficient (Wildman–Crippen LogP) is 3.25. The maximum Gasteiger partial charge on any atom is 0.260 e. The molecule has 1 aliphatic rings. The minimum atomic E-state index is -0.264. The summed E-state index contributed by atoms with van der Waals surface area (Å²) in [5.74, 6) is -0.429. The summed E-state index contributed by atoms with van der Waals surface area (Å²) in [5.41, 5.74) is 2.82. The molecular weight excluding hydrogens is 433 g/mol. The van der Waals surface area contributed by atoms with Gasteiger partial charge in [-0.15, -0.1) is 0 Å². The van der Waals surface area contributed by atoms with Crippen LogP contribution in [0.4, 0.5) is 10.1 Å². The van der Waals surface area contributed by atoms with Gasteiger partial charge in [0.1, 0.15) is 5.82 Å². The van der Waals surface area contributed by atoms with Crippen molar-refractivity contribution in [3.05, 3.63) is 100 Å². The van der Waals surface area contributed by atoms with Crippen LogP contribution in [0.5, 0.6) is 0 Å². The summed E-state index contributed by atoms with van der Waals surface area (Å²) >= 11 is 0. The van der Waals surface area contributed by atoms with Gasteiger partial charge in [-0.25, -0.2) is 4.39 Å². The lowest BCUT2D eigenvalue weighted by Gasteiger charge is -2.36. The molecule has 0 unspecified atom stereocenters. The summed E-state index contributed by atoms with van der Waals surface area (Å²) in [6.07, 6.45) is 5.13. The van der Waals surface area contributed by atoms with Gasteiger partial charge in [-0.05, 0) is 42.8 Å². The molecule has 5 rings (SSSR count). The van der Waals surface area contributed by atoms with Crippen LogP contribution in [0.2, 0.25) is 0 Å². The second-order valence-electron chi connectivity index (χ2n) is 8.39. The Bertz CT molecular complexity index is 1410. The molecule has 0 spiro atoms. The van der Waals surface area contributed by atoms with Crippen LogP contribution >= 0.6 is 0 Å². The fraction of sp³-hybridized carbons (Fsp3) is 0.231. The quantitative estimate of drug-likeness (QED) is 0.471. The standard InChI is InChI=1S/C26H24FN5O2/c1-18-20(25(33)31-13-11-30(12-14-31)24-7-3-2-6-22(24)27)15-21-23(29-18)8-10-32(26(21)34)17-19-5-4-9-28-16-19/h2-10,15-16H,11-14,17H2,1H3. The first kappa shape index (κ1) is 21.8. The maximum atomic E-state index is 14.1. The summed E-state index contributed by atoms with van der Waals surface area (Å²) in [7, 11) is 0. The molecule has 7 nitrogen and oxygen atoms in total. The molecule has 0 aliphatic carbocycles. The van der Waals surface area contributed by atoms with Gasteiger partial charge in [-0.1, -0.05) is 18.2 Å². The van der Waals surface area contributed by atoms with Gasteiger partial charge in [-0.2, -0.15) is 0 Å². The van der Waals surface area contributed by atoms with Crippen molar-refractivity contribution in [1.82, 2.24) is 19.4 Å². The van der Waals surface area contributed by atoms with Crippen molar-refractivity contribution in [2.24, 2.45) is 0 Å². The molecule has 1 saturated heterocycles. The Hall–Kier alpha value is -4.07. The largest absolute Gasteiger partial charge is 0.366 e. The molecule has 0 atom stereocenters. The van der Waals surface area contributed by atoms with Crippen molar-refractivity contribution in [2.75, 3.05) is 31.1 Å². The molecule has 0 N–H and O–H groups in total. The van der Waals surface area contributed by atoms with Gasteiger partial charge < -0.3 is 14.4 Å². The molecule has 0 saturated carbocycles. The summed E-state index contributed by atoms with van der Waals surface area (Å²) in [6, 6.07) is 13.9. The van der Waals surface area contributed by atoms with E-state index in [2.05, 4.69) is 9.97 Å². The summed E-state index contributed by atoms with van der Waals surface area (Å²) in [5, 5.41) is 0.408. The van der Waals surface area contributed by atoms with Crippen LogP contribution in [0, 0.1) is 12.7 Å². The smallest absolute Gasteiger partial charge is 0.260 e. The Labute approximate surface area is 196 Å². The number of aryl methyl sites for hydroxylation is 1. The minimum Gasteiger partial charge on any atom is -0.366 e. The Morgan fingerprint density at radius 2 is 1.85 bits per heavy atom. The number of nitrogens with zero attached hydrogens (tertiary/aromatic N) is 5. The van der Waals surface area contributed by atoms with Gasteiger partial charge in [0.15, 0.2) is 0 Å². The molecule has 0 radical (unpaired) electrons. The number of hydrogen-bond donors (Lipinski definition) is 0. The van der Waals surface area contributed by atoms with Crippen LogP contribution in [0.3, 0.4) is 0 Å². The third-order valence-electron chi connectivity index (χ3n) is 6.21. The lowest BCUT2D eigenvalue weighted by Crippen LogP contribution is -2.49. The van der Waals surface area contributed by atoms with E-state index in [1.807, 2.05) is 17.0 Å². The van der Waals surface area contributed by atoms with Crippen LogP contribution < -0.4 is 10.5 Å². The van der Waals surface area contributed by atoms with E-state index >= 15 is 0 Å². The molecule has 4 heterocycles. The molecule has 172 valence electrons. The van der Waals surface area contributed by atoms with E-state index < -0.39 is 0 Å². The molecule has 3 aromatic heterocycles. The Balaban J connectivity index is 1.39. The number of rotatable bonds is 4. The van der Waals surface area contributed by atoms with Crippen molar-refractivity contribution >= 4 is 22.5 Å². The predicted molar refractivity (Wildman–Crippen MR) is 129 cm³/mol. The third kappa shape index (κ3) is 4.14. The number of pyridine rings is 3. The number of amides is 1. The van der Waals surface area contributed by atoms with Crippen LogP contribution in [0.15, 0.2) is 71.9 Å². The number of fused-ring (bicyclic) bond motifs is 1. The highest BCUT2D eigenvalue weighted by molar-refractivity contribution is 5.98. The normalized spacial score (nSPS) is 13.9. The lowest BCUT2D eigenvalue weighted by atomic mass is 10.1. The number of para-hydroxylation sites is 1. The molecule has 1 aromatic carbocycles. The van der Waals surface area contributed by atoms with Crippen molar-refractivity contribution in [1.29, 1.82) is 0 Å². The van der Waals surface area contributed by atoms with Gasteiger partial charge in [0, 0.05) is 44.8 Å². The second kappa shape index (κ2) is 9.05. The van der Waals surface area contributed by atoms with Gasteiger partial charge >= 0.3 is 0 Å². The molecule has 1 amide bonds. The third-order valence-corrected chi connectivity index (χ3v) is 6.21. The van der Waals surface area contributed by atoms with Crippen molar-refractivity contribution < 1.29 is 9.18 Å². The first-order valence-corrected chi connectivity index (χ1v) is 11.2. The topological polar surface area (TPSA) is 71.3 Å². The van der Waals surface area contributed by atoms with E-state index in [4.69, 9.17) is 0 Å². The van der Waals surface area contributed by atoms with Crippen molar-refractivity contribution in [3.8, 4) is 0 Å². The number of hydrogen-bond acceptors (Lipinski definition) is 5. The van der Waals surface area contributed by atoms with E-state index in [0.717, 1.165) is 5.56 Å². The van der Waals surface area contributed by atoms with E-state index in [9.17, 15) is 14.0 Å². The summed E-state index contributed by atoms with van der Waals surface area (Å²) in [4.78, 5) is 38.8. The summed E-state index contributed by atoms with van der Waals surface area (Å²) < 4.78 is 15.7. The zero-order valence-corrected chi connectivity index (χ0v) is 18.8. The van der Waals surface area contributed by atoms with E-state index in [1.165, 1.54) is 6.07 Å². The molecule has 34 heavy (non-hydrogen) atoms. The SMILES string of the molecule is Cc1nc2ccn(Cc3cccnc3)c(=O)c2cc1C(=O)N1CCN(c2ccccc2F)CC1. The summed E-state index contributed by atoms with van der Waals surface area (Å²) in [6.45, 7) is 4.16. The number of halogens is 1. The Morgan fingerprint density at radius 3 is 2.59 bits per heavy atom. The number of benzene rings is 1. The van der Waals surface area contributed by atoms with Gasteiger partial charge in [0.05, 0.1) is 34.4 Å². The van der Waals surface area contributed by atoms with E-state index in [-0.39, 0.29) is 17.3 Å². The second-order valence-corrected chi connectivity index (χ2v) is 8.39. The zero-order chi connectivity index (χ0) is 23.7. The van der Waals surface area contributed by atoms with Gasteiger partial charge in [0.2, 0.25) is 0 Å². The molecule has 8 heteroatoms. The molecular formula is C26H24FN5O2. The van der Waals surface area contributed by atoms with Gasteiger partial charge in [-0.3, -0.25) is 19.6 Å². The van der Waals surface area contributed by atoms with Crippen molar-refractivity contribution in [2.45, 2.75) is 13.5 Å². The minimum absolute atomic E-state index is 0.165. The molecule has 0 bridgehead atoms. The monoisotopic (exact) mass is 457 g/mol. The number of aromatic nitrogens is 3. The Morgan fingerprint density at radius 1 is 1.06 bits per heavy atom. The fourth-order valence-electron chi connectivity index (χ4n) is 4.36. The molecule has 1 aliphatic heterocycles. The van der Waals surface area contributed by atoms with Crippen LogP contribution in [0.25, 0.3) is 10.9 Å². The highest BCUT2D eigenvalue weighted by Crippen LogP contribution is 2.22. The fourth-order valence-corrected chi connectivity index (χ4v) is 4.36. The van der Waals surface area contributed by atoms with Gasteiger partial charge in [0.25, 0.3) is 11.5 Å².